The zero-order chi connectivity index (χ0) is 14.4. The summed E-state index contributed by atoms with van der Waals surface area (Å²) in [4.78, 5) is 22.8. The van der Waals surface area contributed by atoms with Crippen LogP contribution in [0.5, 0.6) is 5.75 Å². The lowest BCUT2D eigenvalue weighted by Crippen LogP contribution is -2.41. The van der Waals surface area contributed by atoms with Crippen molar-refractivity contribution >= 4 is 11.9 Å². The van der Waals surface area contributed by atoms with Crippen LogP contribution in [0, 0.1) is 6.92 Å². The molecule has 0 heterocycles. The highest BCUT2D eigenvalue weighted by atomic mass is 16.5. The summed E-state index contributed by atoms with van der Waals surface area (Å²) in [6, 6.07) is 3.74. The number of hydrogen-bond acceptors (Lipinski definition) is 4. The van der Waals surface area contributed by atoms with Gasteiger partial charge >= 0.3 is 5.97 Å². The van der Waals surface area contributed by atoms with Crippen molar-refractivity contribution in [2.75, 3.05) is 13.7 Å². The number of aliphatic hydroxyl groups is 1. The second-order valence-corrected chi connectivity index (χ2v) is 4.06. The van der Waals surface area contributed by atoms with Crippen LogP contribution >= 0.6 is 0 Å². The summed E-state index contributed by atoms with van der Waals surface area (Å²) < 4.78 is 5.10. The van der Waals surface area contributed by atoms with Gasteiger partial charge in [-0.1, -0.05) is 6.07 Å². The minimum absolute atomic E-state index is 0.0376. The highest BCUT2D eigenvalue weighted by Crippen LogP contribution is 2.18. The standard InChI is InChI=1S/C13H17NO5/c1-8-3-4-9(7-11(8)19-2)12(16)14-10(5-6-15)13(17)18/h3-4,7,10,15H,5-6H2,1-2H3,(H,14,16)(H,17,18)/t10-/m0/s1. The van der Waals surface area contributed by atoms with Gasteiger partial charge in [0.25, 0.3) is 5.91 Å². The van der Waals surface area contributed by atoms with Crippen molar-refractivity contribution in [1.29, 1.82) is 0 Å². The first kappa shape index (κ1) is 15.0. The number of carbonyl (C=O) groups excluding carboxylic acids is 1. The molecule has 0 aromatic heterocycles. The number of benzene rings is 1. The van der Waals surface area contributed by atoms with Crippen molar-refractivity contribution in [1.82, 2.24) is 5.32 Å². The Labute approximate surface area is 111 Å². The van der Waals surface area contributed by atoms with Gasteiger partial charge in [-0.05, 0) is 24.6 Å². The summed E-state index contributed by atoms with van der Waals surface area (Å²) in [6.45, 7) is 1.53. The topological polar surface area (TPSA) is 95.9 Å². The average Bonchev–Trinajstić information content (AvgIpc) is 2.38. The predicted molar refractivity (Wildman–Crippen MR) is 68.3 cm³/mol. The predicted octanol–water partition coefficient (Wildman–Crippen LogP) is 0.569. The van der Waals surface area contributed by atoms with Crippen molar-refractivity contribution in [2.24, 2.45) is 0 Å². The molecule has 3 N–H and O–H groups in total. The van der Waals surface area contributed by atoms with Crippen LogP contribution in [0.1, 0.15) is 22.3 Å². The summed E-state index contributed by atoms with van der Waals surface area (Å²) in [7, 11) is 1.50. The van der Waals surface area contributed by atoms with Gasteiger partial charge in [-0.15, -0.1) is 0 Å². The normalized spacial score (nSPS) is 11.7. The van der Waals surface area contributed by atoms with Gasteiger partial charge in [-0.2, -0.15) is 0 Å². The molecule has 0 bridgehead atoms. The molecule has 19 heavy (non-hydrogen) atoms. The van der Waals surface area contributed by atoms with Gasteiger partial charge in [0.2, 0.25) is 0 Å². The van der Waals surface area contributed by atoms with Crippen LogP contribution in [0.15, 0.2) is 18.2 Å². The molecule has 104 valence electrons. The van der Waals surface area contributed by atoms with Crippen molar-refractivity contribution in [3.63, 3.8) is 0 Å². The van der Waals surface area contributed by atoms with Gasteiger partial charge in [-0.3, -0.25) is 4.79 Å². The number of rotatable bonds is 6. The van der Waals surface area contributed by atoms with Gasteiger partial charge in [0.1, 0.15) is 11.8 Å². The fourth-order valence-electron chi connectivity index (χ4n) is 1.59. The Hall–Kier alpha value is -2.08. The number of ether oxygens (including phenoxy) is 1. The van der Waals surface area contributed by atoms with Crippen LogP contribution in [0.4, 0.5) is 0 Å². The van der Waals surface area contributed by atoms with E-state index in [2.05, 4.69) is 5.32 Å². The number of hydrogen-bond donors (Lipinski definition) is 3. The fourth-order valence-corrected chi connectivity index (χ4v) is 1.59. The molecule has 6 heteroatoms. The highest BCUT2D eigenvalue weighted by Gasteiger charge is 2.20. The maximum absolute atomic E-state index is 11.9. The van der Waals surface area contributed by atoms with E-state index in [1.165, 1.54) is 7.11 Å². The Bertz CT molecular complexity index is 472. The average molecular weight is 267 g/mol. The Balaban J connectivity index is 2.85. The molecular formula is C13H17NO5. The number of aryl methyl sites for hydroxylation is 1. The summed E-state index contributed by atoms with van der Waals surface area (Å²) in [5, 5.41) is 20.0. The third-order valence-electron chi connectivity index (χ3n) is 2.69. The van der Waals surface area contributed by atoms with Crippen LogP contribution in [0.25, 0.3) is 0 Å². The first-order valence-electron chi connectivity index (χ1n) is 5.78. The zero-order valence-electron chi connectivity index (χ0n) is 10.8. The molecule has 1 amide bonds. The first-order valence-corrected chi connectivity index (χ1v) is 5.78. The maximum atomic E-state index is 11.9. The van der Waals surface area contributed by atoms with E-state index in [4.69, 9.17) is 14.9 Å². The lowest BCUT2D eigenvalue weighted by atomic mass is 10.1. The third-order valence-corrected chi connectivity index (χ3v) is 2.69. The van der Waals surface area contributed by atoms with Crippen molar-refractivity contribution in [3.8, 4) is 5.75 Å². The van der Waals surface area contributed by atoms with E-state index in [0.29, 0.717) is 11.3 Å². The van der Waals surface area contributed by atoms with E-state index < -0.39 is 17.9 Å². The zero-order valence-corrected chi connectivity index (χ0v) is 10.8. The van der Waals surface area contributed by atoms with Gasteiger partial charge in [-0.25, -0.2) is 4.79 Å². The smallest absolute Gasteiger partial charge is 0.326 e. The van der Waals surface area contributed by atoms with Gasteiger partial charge in [0.05, 0.1) is 7.11 Å². The van der Waals surface area contributed by atoms with Crippen molar-refractivity contribution < 1.29 is 24.5 Å². The molecule has 1 atom stereocenters. The third kappa shape index (κ3) is 3.96. The lowest BCUT2D eigenvalue weighted by molar-refractivity contribution is -0.139. The molecule has 1 aromatic rings. The minimum atomic E-state index is -1.18. The molecular weight excluding hydrogens is 250 g/mol. The van der Waals surface area contributed by atoms with Crippen LogP contribution in [-0.2, 0) is 4.79 Å². The van der Waals surface area contributed by atoms with Gasteiger partial charge in [0, 0.05) is 18.6 Å². The van der Waals surface area contributed by atoms with Gasteiger partial charge in [0.15, 0.2) is 0 Å². The lowest BCUT2D eigenvalue weighted by Gasteiger charge is -2.14. The highest BCUT2D eigenvalue weighted by molar-refractivity contribution is 5.97. The molecule has 0 fully saturated rings. The van der Waals surface area contributed by atoms with E-state index in [1.54, 1.807) is 18.2 Å². The van der Waals surface area contributed by atoms with E-state index in [9.17, 15) is 9.59 Å². The quantitative estimate of drug-likeness (QED) is 0.700. The largest absolute Gasteiger partial charge is 0.496 e. The summed E-state index contributed by atoms with van der Waals surface area (Å²) in [6.07, 6.45) is -0.0376. The summed E-state index contributed by atoms with van der Waals surface area (Å²) in [5.74, 6) is -1.14. The molecule has 6 nitrogen and oxygen atoms in total. The van der Waals surface area contributed by atoms with Crippen LogP contribution < -0.4 is 10.1 Å². The number of amides is 1. The molecule has 1 aromatic carbocycles. The van der Waals surface area contributed by atoms with Crippen molar-refractivity contribution in [2.45, 2.75) is 19.4 Å². The van der Waals surface area contributed by atoms with E-state index in [-0.39, 0.29) is 13.0 Å². The Kier molecular flexibility index (Phi) is 5.32. The summed E-state index contributed by atoms with van der Waals surface area (Å²) in [5.41, 5.74) is 1.19. The Morgan fingerprint density at radius 1 is 1.42 bits per heavy atom. The second kappa shape index (κ2) is 6.75. The monoisotopic (exact) mass is 267 g/mol. The number of carboxylic acid groups (broad SMARTS) is 1. The fraction of sp³-hybridized carbons (Fsp3) is 0.385. The molecule has 0 saturated heterocycles. The molecule has 0 radical (unpaired) electrons. The molecule has 0 aliphatic heterocycles. The number of carboxylic acids is 1. The Morgan fingerprint density at radius 2 is 2.11 bits per heavy atom. The van der Waals surface area contributed by atoms with Crippen LogP contribution in [0.3, 0.4) is 0 Å². The number of carbonyl (C=O) groups is 2. The summed E-state index contributed by atoms with van der Waals surface area (Å²) >= 11 is 0. The molecule has 1 rings (SSSR count). The molecule has 0 aliphatic rings. The molecule has 0 unspecified atom stereocenters. The van der Waals surface area contributed by atoms with Crippen LogP contribution in [0.2, 0.25) is 0 Å². The first-order chi connectivity index (χ1) is 8.99. The Morgan fingerprint density at radius 3 is 2.63 bits per heavy atom. The van der Waals surface area contributed by atoms with Crippen LogP contribution in [-0.4, -0.2) is 41.8 Å². The van der Waals surface area contributed by atoms with Crippen molar-refractivity contribution in [3.05, 3.63) is 29.3 Å². The number of methoxy groups -OCH3 is 1. The molecule has 0 spiro atoms. The van der Waals surface area contributed by atoms with E-state index >= 15 is 0 Å². The maximum Gasteiger partial charge on any atom is 0.326 e. The molecule has 0 saturated carbocycles. The number of nitrogens with one attached hydrogen (secondary N) is 1. The second-order valence-electron chi connectivity index (χ2n) is 4.06. The number of aliphatic carboxylic acids is 1. The van der Waals surface area contributed by atoms with Gasteiger partial charge < -0.3 is 20.3 Å². The van der Waals surface area contributed by atoms with E-state index in [1.807, 2.05) is 6.92 Å². The SMILES string of the molecule is COc1cc(C(=O)N[C@@H](CCO)C(=O)O)ccc1C. The molecule has 0 aliphatic carbocycles. The minimum Gasteiger partial charge on any atom is -0.496 e. The van der Waals surface area contributed by atoms with E-state index in [0.717, 1.165) is 5.56 Å². The number of aliphatic hydroxyl groups excluding tert-OH is 1.